The van der Waals surface area contributed by atoms with E-state index in [-0.39, 0.29) is 29.7 Å². The molecule has 1 amide bonds. The van der Waals surface area contributed by atoms with E-state index in [0.29, 0.717) is 48.9 Å². The standard InChI is InChI=1S/C38H41FN4O4/c1-22(2)47-38(45)27-19-43(20-27)21-31-32(39)17-26(18-34(31)46-6)28-9-7-10-29(23(28)3)30-11-8-12-33(24(30)4)41-36-35-25(13-15-40-36)14-16-42(5)37(35)44/h7-13,15,17-18,22,27H,14,16,19-21H2,1-6H3,(H,40,41). The minimum Gasteiger partial charge on any atom is -0.496 e. The Labute approximate surface area is 275 Å². The summed E-state index contributed by atoms with van der Waals surface area (Å²) < 4.78 is 26.8. The van der Waals surface area contributed by atoms with Crippen LogP contribution in [0.15, 0.2) is 60.8 Å². The molecule has 9 heteroatoms. The zero-order valence-electron chi connectivity index (χ0n) is 27.8. The summed E-state index contributed by atoms with van der Waals surface area (Å²) in [7, 11) is 3.37. The van der Waals surface area contributed by atoms with Crippen LogP contribution in [0.2, 0.25) is 0 Å². The number of hydrogen-bond donors (Lipinski definition) is 1. The van der Waals surface area contributed by atoms with Crippen LogP contribution >= 0.6 is 0 Å². The number of halogens is 1. The fourth-order valence-electron chi connectivity index (χ4n) is 6.56. The monoisotopic (exact) mass is 636 g/mol. The lowest BCUT2D eigenvalue weighted by Gasteiger charge is -2.38. The van der Waals surface area contributed by atoms with Crippen molar-refractivity contribution in [3.8, 4) is 28.0 Å². The minimum atomic E-state index is -0.348. The number of methoxy groups -OCH3 is 1. The van der Waals surface area contributed by atoms with Crippen molar-refractivity contribution in [1.29, 1.82) is 0 Å². The third-order valence-electron chi connectivity index (χ3n) is 9.23. The molecule has 8 nitrogen and oxygen atoms in total. The molecule has 6 rings (SSSR count). The van der Waals surface area contributed by atoms with Gasteiger partial charge in [0.1, 0.15) is 17.4 Å². The van der Waals surface area contributed by atoms with Gasteiger partial charge in [0, 0.05) is 50.7 Å². The average molecular weight is 637 g/mol. The van der Waals surface area contributed by atoms with Gasteiger partial charge in [-0.05, 0) is 97.3 Å². The smallest absolute Gasteiger partial charge is 0.311 e. The Bertz CT molecular complexity index is 1850. The molecule has 0 unspecified atom stereocenters. The lowest BCUT2D eigenvalue weighted by molar-refractivity contribution is -0.158. The molecule has 3 aromatic carbocycles. The van der Waals surface area contributed by atoms with Crippen molar-refractivity contribution in [1.82, 2.24) is 14.8 Å². The number of nitrogens with one attached hydrogen (secondary N) is 1. The van der Waals surface area contributed by atoms with Crippen molar-refractivity contribution >= 4 is 23.4 Å². The number of likely N-dealkylation sites (N-methyl/N-ethyl adjacent to an activating group) is 1. The van der Waals surface area contributed by atoms with Gasteiger partial charge in [-0.1, -0.05) is 30.3 Å². The molecule has 47 heavy (non-hydrogen) atoms. The molecule has 0 radical (unpaired) electrons. The first-order valence-electron chi connectivity index (χ1n) is 16.0. The van der Waals surface area contributed by atoms with E-state index in [0.717, 1.165) is 51.1 Å². The van der Waals surface area contributed by atoms with E-state index in [9.17, 15) is 9.59 Å². The number of aromatic nitrogens is 1. The number of esters is 1. The Hall–Kier alpha value is -4.76. The van der Waals surface area contributed by atoms with Gasteiger partial charge in [-0.2, -0.15) is 0 Å². The molecule has 0 aliphatic carbocycles. The van der Waals surface area contributed by atoms with E-state index < -0.39 is 0 Å². The van der Waals surface area contributed by atoms with E-state index in [2.05, 4.69) is 22.4 Å². The predicted octanol–water partition coefficient (Wildman–Crippen LogP) is 6.94. The number of anilines is 2. The average Bonchev–Trinajstić information content (AvgIpc) is 3.02. The summed E-state index contributed by atoms with van der Waals surface area (Å²) in [6.45, 7) is 9.85. The van der Waals surface area contributed by atoms with Crippen LogP contribution < -0.4 is 10.1 Å². The summed E-state index contributed by atoms with van der Waals surface area (Å²) in [6.07, 6.45) is 2.38. The summed E-state index contributed by atoms with van der Waals surface area (Å²) >= 11 is 0. The van der Waals surface area contributed by atoms with Crippen molar-refractivity contribution < 1.29 is 23.5 Å². The third-order valence-corrected chi connectivity index (χ3v) is 9.23. The first-order valence-corrected chi connectivity index (χ1v) is 16.0. The zero-order chi connectivity index (χ0) is 33.4. The van der Waals surface area contributed by atoms with E-state index in [1.165, 1.54) is 0 Å². The number of pyridine rings is 1. The van der Waals surface area contributed by atoms with E-state index in [4.69, 9.17) is 9.47 Å². The molecular weight excluding hydrogens is 595 g/mol. The third kappa shape index (κ3) is 6.32. The molecular formula is C38H41FN4O4. The van der Waals surface area contributed by atoms with Gasteiger partial charge in [0.2, 0.25) is 0 Å². The zero-order valence-corrected chi connectivity index (χ0v) is 27.8. The summed E-state index contributed by atoms with van der Waals surface area (Å²) in [6, 6.07) is 17.5. The second kappa shape index (κ2) is 13.2. The topological polar surface area (TPSA) is 84.0 Å². The number of amides is 1. The van der Waals surface area contributed by atoms with Crippen LogP contribution in [0.4, 0.5) is 15.9 Å². The Morgan fingerprint density at radius 2 is 1.74 bits per heavy atom. The van der Waals surface area contributed by atoms with Crippen molar-refractivity contribution in [3.05, 3.63) is 94.4 Å². The van der Waals surface area contributed by atoms with Crippen LogP contribution in [-0.4, -0.2) is 66.6 Å². The normalized spacial score (nSPS) is 15.0. The molecule has 0 atom stereocenters. The largest absolute Gasteiger partial charge is 0.496 e. The highest BCUT2D eigenvalue weighted by Crippen LogP contribution is 2.39. The van der Waals surface area contributed by atoms with Crippen molar-refractivity contribution in [2.24, 2.45) is 5.92 Å². The van der Waals surface area contributed by atoms with Crippen LogP contribution in [0.25, 0.3) is 22.3 Å². The molecule has 2 aliphatic rings. The number of rotatable bonds is 9. The number of benzene rings is 3. The molecule has 2 aliphatic heterocycles. The first kappa shape index (κ1) is 32.2. The number of ether oxygens (including phenoxy) is 2. The molecule has 1 saturated heterocycles. The second-order valence-electron chi connectivity index (χ2n) is 12.8. The summed E-state index contributed by atoms with van der Waals surface area (Å²) in [5, 5.41) is 3.44. The van der Waals surface area contributed by atoms with Gasteiger partial charge < -0.3 is 19.7 Å². The maximum Gasteiger partial charge on any atom is 0.311 e. The SMILES string of the molecule is COc1cc(-c2cccc(-c3cccc(Nc4nccc5c4C(=O)N(C)CC5)c3C)c2C)cc(F)c1CN1CC(C(=O)OC(C)C)C1. The molecule has 0 spiro atoms. The highest BCUT2D eigenvalue weighted by molar-refractivity contribution is 6.01. The minimum absolute atomic E-state index is 0.0340. The van der Waals surface area contributed by atoms with Gasteiger partial charge in [0.05, 0.1) is 24.7 Å². The molecule has 3 heterocycles. The molecule has 4 aromatic rings. The predicted molar refractivity (Wildman–Crippen MR) is 181 cm³/mol. The fourth-order valence-corrected chi connectivity index (χ4v) is 6.56. The van der Waals surface area contributed by atoms with Crippen molar-refractivity contribution in [2.45, 2.75) is 46.8 Å². The van der Waals surface area contributed by atoms with Gasteiger partial charge in [-0.3, -0.25) is 14.5 Å². The molecule has 1 aromatic heterocycles. The summed E-state index contributed by atoms with van der Waals surface area (Å²) in [5.74, 6) is 0.249. The number of nitrogens with zero attached hydrogens (tertiary/aromatic N) is 3. The van der Waals surface area contributed by atoms with Crippen LogP contribution in [0.3, 0.4) is 0 Å². The summed E-state index contributed by atoms with van der Waals surface area (Å²) in [4.78, 5) is 33.5. The van der Waals surface area contributed by atoms with Crippen LogP contribution in [0, 0.1) is 25.6 Å². The van der Waals surface area contributed by atoms with Gasteiger partial charge in [0.15, 0.2) is 0 Å². The number of carbonyl (C=O) groups excluding carboxylic acids is 2. The van der Waals surface area contributed by atoms with Crippen LogP contribution in [0.1, 0.15) is 46.5 Å². The van der Waals surface area contributed by atoms with Crippen LogP contribution in [0.5, 0.6) is 5.75 Å². The Kier molecular flexibility index (Phi) is 9.01. The number of carbonyl (C=O) groups is 2. The lowest BCUT2D eigenvalue weighted by atomic mass is 9.89. The van der Waals surface area contributed by atoms with E-state index in [1.54, 1.807) is 24.3 Å². The number of hydrogen-bond acceptors (Lipinski definition) is 7. The molecule has 1 fully saturated rings. The first-order chi connectivity index (χ1) is 22.5. The fraction of sp³-hybridized carbons (Fsp3) is 0.342. The lowest BCUT2D eigenvalue weighted by Crippen LogP contribution is -2.50. The second-order valence-corrected chi connectivity index (χ2v) is 12.8. The number of fused-ring (bicyclic) bond motifs is 1. The van der Waals surface area contributed by atoms with Gasteiger partial charge in [-0.25, -0.2) is 9.37 Å². The van der Waals surface area contributed by atoms with E-state index in [1.807, 2.05) is 76.0 Å². The Morgan fingerprint density at radius 1 is 1.04 bits per heavy atom. The maximum absolute atomic E-state index is 15.7. The van der Waals surface area contributed by atoms with Crippen molar-refractivity contribution in [3.63, 3.8) is 0 Å². The van der Waals surface area contributed by atoms with E-state index >= 15 is 4.39 Å². The molecule has 244 valence electrons. The Balaban J connectivity index is 1.27. The van der Waals surface area contributed by atoms with Crippen LogP contribution in [-0.2, 0) is 22.5 Å². The Morgan fingerprint density at radius 3 is 2.47 bits per heavy atom. The van der Waals surface area contributed by atoms with Gasteiger partial charge in [-0.15, -0.1) is 0 Å². The van der Waals surface area contributed by atoms with Crippen molar-refractivity contribution in [2.75, 3.05) is 39.1 Å². The maximum atomic E-state index is 15.7. The number of likely N-dealkylation sites (tertiary alicyclic amines) is 1. The molecule has 0 saturated carbocycles. The highest BCUT2D eigenvalue weighted by Gasteiger charge is 2.35. The van der Waals surface area contributed by atoms with Gasteiger partial charge >= 0.3 is 5.97 Å². The summed E-state index contributed by atoms with van der Waals surface area (Å²) in [5.41, 5.74) is 8.62. The van der Waals surface area contributed by atoms with Gasteiger partial charge in [0.25, 0.3) is 5.91 Å². The molecule has 0 bridgehead atoms. The highest BCUT2D eigenvalue weighted by atomic mass is 19.1. The quantitative estimate of drug-likeness (QED) is 0.199. The molecule has 1 N–H and O–H groups in total.